The Bertz CT molecular complexity index is 223. The molecule has 1 N–H and O–H groups in total. The van der Waals surface area contributed by atoms with Gasteiger partial charge in [0.1, 0.15) is 0 Å². The summed E-state index contributed by atoms with van der Waals surface area (Å²) in [5.74, 6) is 0.190. The average Bonchev–Trinajstić information content (AvgIpc) is 2.35. The molecule has 0 heterocycles. The molecule has 17 heavy (non-hydrogen) atoms. The second-order valence-corrected chi connectivity index (χ2v) is 5.61. The van der Waals surface area contributed by atoms with Crippen LogP contribution < -0.4 is 5.32 Å². The van der Waals surface area contributed by atoms with E-state index in [1.54, 1.807) is 0 Å². The lowest BCUT2D eigenvalue weighted by atomic mass is 9.94. The van der Waals surface area contributed by atoms with Crippen LogP contribution in [-0.2, 0) is 9.53 Å². The number of carbonyl (C=O) groups excluding carboxylic acids is 1. The number of carbonyl (C=O) groups is 1. The lowest BCUT2D eigenvalue weighted by Crippen LogP contribution is -2.43. The first-order valence-corrected chi connectivity index (χ1v) is 7.96. The summed E-state index contributed by atoms with van der Waals surface area (Å²) in [4.78, 5) is 11.8. The molecule has 1 aliphatic carbocycles. The second-order valence-electron chi connectivity index (χ2n) is 4.53. The number of amides is 1. The van der Waals surface area contributed by atoms with Gasteiger partial charge in [0, 0.05) is 30.9 Å². The summed E-state index contributed by atoms with van der Waals surface area (Å²) in [6.45, 7) is 3.41. The van der Waals surface area contributed by atoms with Crippen molar-refractivity contribution >= 4 is 17.7 Å². The minimum atomic E-state index is 0.190. The van der Waals surface area contributed by atoms with Gasteiger partial charge in [-0.15, -0.1) is 0 Å². The van der Waals surface area contributed by atoms with Crippen molar-refractivity contribution in [1.82, 2.24) is 5.32 Å². The van der Waals surface area contributed by atoms with Gasteiger partial charge >= 0.3 is 0 Å². The van der Waals surface area contributed by atoms with Crippen molar-refractivity contribution in [1.29, 1.82) is 0 Å². The molecule has 3 nitrogen and oxygen atoms in total. The Kier molecular flexibility index (Phi) is 7.69. The molecule has 0 aromatic rings. The third-order valence-corrected chi connectivity index (χ3v) is 4.42. The fourth-order valence-corrected chi connectivity index (χ4v) is 3.24. The molecular weight excluding hydrogens is 234 g/mol. The van der Waals surface area contributed by atoms with Gasteiger partial charge in [0.25, 0.3) is 0 Å². The highest BCUT2D eigenvalue weighted by Crippen LogP contribution is 2.27. The lowest BCUT2D eigenvalue weighted by Gasteiger charge is -2.30. The van der Waals surface area contributed by atoms with Gasteiger partial charge < -0.3 is 10.1 Å². The van der Waals surface area contributed by atoms with Gasteiger partial charge in [-0.2, -0.15) is 11.8 Å². The molecule has 2 unspecified atom stereocenters. The van der Waals surface area contributed by atoms with Gasteiger partial charge in [-0.25, -0.2) is 0 Å². The highest BCUT2D eigenvalue weighted by atomic mass is 32.2. The lowest BCUT2D eigenvalue weighted by molar-refractivity contribution is -0.122. The van der Waals surface area contributed by atoms with Crippen LogP contribution >= 0.6 is 11.8 Å². The summed E-state index contributed by atoms with van der Waals surface area (Å²) >= 11 is 1.89. The molecule has 0 aromatic heterocycles. The average molecular weight is 259 g/mol. The highest BCUT2D eigenvalue weighted by molar-refractivity contribution is 7.99. The Morgan fingerprint density at radius 1 is 1.41 bits per heavy atom. The Morgan fingerprint density at radius 3 is 2.88 bits per heavy atom. The van der Waals surface area contributed by atoms with E-state index in [1.165, 1.54) is 19.3 Å². The van der Waals surface area contributed by atoms with Gasteiger partial charge in [0.05, 0.1) is 0 Å². The fourth-order valence-electron chi connectivity index (χ4n) is 2.30. The Labute approximate surface area is 109 Å². The largest absolute Gasteiger partial charge is 0.382 e. The third-order valence-electron chi connectivity index (χ3n) is 3.25. The van der Waals surface area contributed by atoms with Crippen LogP contribution in [0.15, 0.2) is 0 Å². The van der Waals surface area contributed by atoms with Gasteiger partial charge in [-0.1, -0.05) is 12.8 Å². The van der Waals surface area contributed by atoms with Crippen LogP contribution in [0.3, 0.4) is 0 Å². The number of thioether (sulfide) groups is 1. The van der Waals surface area contributed by atoms with Crippen molar-refractivity contribution in [2.45, 2.75) is 56.7 Å². The summed E-state index contributed by atoms with van der Waals surface area (Å²) < 4.78 is 5.23. The molecular formula is C13H25NO2S. The molecule has 0 aliphatic heterocycles. The molecule has 2 atom stereocenters. The number of hydrogen-bond donors (Lipinski definition) is 1. The summed E-state index contributed by atoms with van der Waals surface area (Å²) in [6, 6.07) is 0.387. The van der Waals surface area contributed by atoms with E-state index in [0.29, 0.717) is 24.3 Å². The van der Waals surface area contributed by atoms with Crippen molar-refractivity contribution in [3.05, 3.63) is 0 Å². The highest BCUT2D eigenvalue weighted by Gasteiger charge is 2.25. The van der Waals surface area contributed by atoms with Crippen LogP contribution in [0, 0.1) is 0 Å². The van der Waals surface area contributed by atoms with Crippen LogP contribution in [0.2, 0.25) is 0 Å². The number of ether oxygens (including phenoxy) is 1. The maximum absolute atomic E-state index is 11.8. The smallest absolute Gasteiger partial charge is 0.220 e. The predicted molar refractivity (Wildman–Crippen MR) is 73.4 cm³/mol. The number of rotatable bonds is 7. The normalized spacial score (nSPS) is 24.6. The summed E-state index contributed by atoms with van der Waals surface area (Å²) in [5, 5.41) is 3.79. The van der Waals surface area contributed by atoms with Crippen LogP contribution in [-0.4, -0.2) is 36.7 Å². The van der Waals surface area contributed by atoms with E-state index in [1.807, 2.05) is 18.7 Å². The summed E-state index contributed by atoms with van der Waals surface area (Å²) in [6.07, 6.45) is 8.51. The molecule has 1 saturated carbocycles. The zero-order chi connectivity index (χ0) is 12.5. The minimum absolute atomic E-state index is 0.190. The summed E-state index contributed by atoms with van der Waals surface area (Å²) in [7, 11) is 0. The van der Waals surface area contributed by atoms with Crippen molar-refractivity contribution in [2.24, 2.45) is 0 Å². The first-order valence-electron chi connectivity index (χ1n) is 6.67. The van der Waals surface area contributed by atoms with Crippen LogP contribution in [0.1, 0.15) is 45.4 Å². The molecule has 0 radical (unpaired) electrons. The van der Waals surface area contributed by atoms with E-state index in [4.69, 9.17) is 4.74 Å². The molecule has 0 bridgehead atoms. The monoisotopic (exact) mass is 259 g/mol. The van der Waals surface area contributed by atoms with Crippen molar-refractivity contribution in [3.8, 4) is 0 Å². The van der Waals surface area contributed by atoms with E-state index in [2.05, 4.69) is 11.6 Å². The standard InChI is InChI=1S/C13H25NO2S/c1-3-16-10-6-9-13(15)14-11-7-4-5-8-12(11)17-2/h11-12H,3-10H2,1-2H3,(H,14,15). The van der Waals surface area contributed by atoms with Crippen LogP contribution in [0.25, 0.3) is 0 Å². The SMILES string of the molecule is CCOCCCC(=O)NC1CCCCC1SC. The molecule has 0 saturated heterocycles. The maximum atomic E-state index is 11.8. The third kappa shape index (κ3) is 5.77. The predicted octanol–water partition coefficient (Wildman–Crippen LogP) is 2.59. The molecule has 1 rings (SSSR count). The Balaban J connectivity index is 2.19. The first kappa shape index (κ1) is 14.8. The van der Waals surface area contributed by atoms with E-state index in [9.17, 15) is 4.79 Å². The Morgan fingerprint density at radius 2 is 2.18 bits per heavy atom. The fraction of sp³-hybridized carbons (Fsp3) is 0.923. The molecule has 0 aromatic carbocycles. The van der Waals surface area contributed by atoms with Crippen molar-refractivity contribution in [3.63, 3.8) is 0 Å². The molecule has 100 valence electrons. The van der Waals surface area contributed by atoms with Gasteiger partial charge in [-0.05, 0) is 32.4 Å². The van der Waals surface area contributed by atoms with Crippen LogP contribution in [0.4, 0.5) is 0 Å². The second kappa shape index (κ2) is 8.81. The minimum Gasteiger partial charge on any atom is -0.382 e. The van der Waals surface area contributed by atoms with E-state index >= 15 is 0 Å². The van der Waals surface area contributed by atoms with Crippen LogP contribution in [0.5, 0.6) is 0 Å². The molecule has 4 heteroatoms. The summed E-state index contributed by atoms with van der Waals surface area (Å²) in [5.41, 5.74) is 0. The van der Waals surface area contributed by atoms with E-state index < -0.39 is 0 Å². The van der Waals surface area contributed by atoms with Gasteiger partial charge in [0.15, 0.2) is 0 Å². The number of nitrogens with one attached hydrogen (secondary N) is 1. The number of hydrogen-bond acceptors (Lipinski definition) is 3. The topological polar surface area (TPSA) is 38.3 Å². The van der Waals surface area contributed by atoms with Crippen molar-refractivity contribution < 1.29 is 9.53 Å². The molecule has 1 fully saturated rings. The van der Waals surface area contributed by atoms with Crippen molar-refractivity contribution in [2.75, 3.05) is 19.5 Å². The molecule has 1 aliphatic rings. The van der Waals surface area contributed by atoms with E-state index in [0.717, 1.165) is 19.4 Å². The van der Waals surface area contributed by atoms with E-state index in [-0.39, 0.29) is 5.91 Å². The van der Waals surface area contributed by atoms with Gasteiger partial charge in [-0.3, -0.25) is 4.79 Å². The zero-order valence-corrected chi connectivity index (χ0v) is 11.9. The van der Waals surface area contributed by atoms with Gasteiger partial charge in [0.2, 0.25) is 5.91 Å². The Hall–Kier alpha value is -0.220. The molecule has 1 amide bonds. The zero-order valence-electron chi connectivity index (χ0n) is 11.0. The maximum Gasteiger partial charge on any atom is 0.220 e. The molecule has 0 spiro atoms. The quantitative estimate of drug-likeness (QED) is 0.714. The first-order chi connectivity index (χ1) is 8.27.